The van der Waals surface area contributed by atoms with Crippen LogP contribution in [0.25, 0.3) is 21.5 Å². The fourth-order valence-corrected chi connectivity index (χ4v) is 2.96. The first-order chi connectivity index (χ1) is 9.24. The largest absolute Gasteiger partial charge is 0.329 e. The highest BCUT2D eigenvalue weighted by Gasteiger charge is 2.15. The van der Waals surface area contributed by atoms with E-state index in [1.54, 1.807) is 0 Å². The molecule has 3 aromatic rings. The second-order valence-corrected chi connectivity index (χ2v) is 5.04. The molecule has 0 heterocycles. The smallest absolute Gasteiger partial charge is 0.0562 e. The van der Waals surface area contributed by atoms with E-state index in [1.807, 2.05) is 36.4 Å². The lowest BCUT2D eigenvalue weighted by molar-refractivity contribution is 0.749. The molecule has 0 amide bonds. The number of nitrogens with two attached hydrogens (primary N) is 2. The van der Waals surface area contributed by atoms with Crippen LogP contribution < -0.4 is 11.5 Å². The van der Waals surface area contributed by atoms with Crippen LogP contribution in [0.15, 0.2) is 48.5 Å². The fourth-order valence-electron chi connectivity index (χ4n) is 2.63. The maximum atomic E-state index is 6.52. The molecule has 0 aliphatic carbocycles. The molecule has 3 heteroatoms. The van der Waals surface area contributed by atoms with Crippen molar-refractivity contribution in [2.24, 2.45) is 11.5 Å². The molecule has 96 valence electrons. The molecule has 4 N–H and O–H groups in total. The Hall–Kier alpha value is -1.61. The van der Waals surface area contributed by atoms with Crippen LogP contribution in [0.5, 0.6) is 0 Å². The molecule has 0 aromatic heterocycles. The van der Waals surface area contributed by atoms with Gasteiger partial charge in [-0.2, -0.15) is 0 Å². The Labute approximate surface area is 117 Å². The first kappa shape index (κ1) is 12.4. The molecule has 0 aliphatic heterocycles. The number of hydrogen-bond donors (Lipinski definition) is 2. The van der Waals surface area contributed by atoms with E-state index in [9.17, 15) is 0 Å². The maximum Gasteiger partial charge on any atom is 0.0562 e. The predicted molar refractivity (Wildman–Crippen MR) is 82.4 cm³/mol. The van der Waals surface area contributed by atoms with Gasteiger partial charge in [0.15, 0.2) is 0 Å². The lowest BCUT2D eigenvalue weighted by Gasteiger charge is -2.17. The normalized spacial score (nSPS) is 13.0. The van der Waals surface area contributed by atoms with E-state index in [1.165, 1.54) is 0 Å². The predicted octanol–water partition coefficient (Wildman–Crippen LogP) is 3.60. The highest BCUT2D eigenvalue weighted by Crippen LogP contribution is 2.37. The molecule has 19 heavy (non-hydrogen) atoms. The minimum absolute atomic E-state index is 0.188. The van der Waals surface area contributed by atoms with Gasteiger partial charge in [-0.1, -0.05) is 60.1 Å². The third-order valence-electron chi connectivity index (χ3n) is 3.53. The molecule has 1 atom stereocenters. The van der Waals surface area contributed by atoms with Gasteiger partial charge in [0, 0.05) is 23.4 Å². The van der Waals surface area contributed by atoms with E-state index >= 15 is 0 Å². The second-order valence-electron chi connectivity index (χ2n) is 4.66. The van der Waals surface area contributed by atoms with Gasteiger partial charge < -0.3 is 11.5 Å². The Bertz CT molecular complexity index is 695. The van der Waals surface area contributed by atoms with E-state index in [0.717, 1.165) is 32.1 Å². The van der Waals surface area contributed by atoms with Gasteiger partial charge in [0.1, 0.15) is 0 Å². The van der Waals surface area contributed by atoms with Crippen molar-refractivity contribution in [3.63, 3.8) is 0 Å². The molecule has 0 radical (unpaired) electrons. The molecule has 3 aromatic carbocycles. The van der Waals surface area contributed by atoms with Gasteiger partial charge in [0.05, 0.1) is 5.02 Å². The van der Waals surface area contributed by atoms with Crippen LogP contribution in [0, 0.1) is 0 Å². The van der Waals surface area contributed by atoms with E-state index in [0.29, 0.717) is 6.54 Å². The summed E-state index contributed by atoms with van der Waals surface area (Å²) in [7, 11) is 0. The summed E-state index contributed by atoms with van der Waals surface area (Å²) in [5.41, 5.74) is 13.1. The Morgan fingerprint density at radius 3 is 1.68 bits per heavy atom. The zero-order chi connectivity index (χ0) is 13.4. The van der Waals surface area contributed by atoms with Crippen molar-refractivity contribution in [2.45, 2.75) is 6.04 Å². The Kier molecular flexibility index (Phi) is 3.15. The maximum absolute atomic E-state index is 6.52. The van der Waals surface area contributed by atoms with Crippen molar-refractivity contribution in [1.82, 2.24) is 0 Å². The summed E-state index contributed by atoms with van der Waals surface area (Å²) in [6.45, 7) is 0.412. The average molecular weight is 271 g/mol. The first-order valence-electron chi connectivity index (χ1n) is 6.28. The topological polar surface area (TPSA) is 52.0 Å². The molecule has 1 unspecified atom stereocenters. The molecular formula is C16H15ClN2. The van der Waals surface area contributed by atoms with Gasteiger partial charge in [-0.3, -0.25) is 0 Å². The van der Waals surface area contributed by atoms with Crippen molar-refractivity contribution < 1.29 is 0 Å². The van der Waals surface area contributed by atoms with Crippen LogP contribution in [-0.4, -0.2) is 6.54 Å². The molecule has 0 fully saturated rings. The highest BCUT2D eigenvalue weighted by atomic mass is 35.5. The van der Waals surface area contributed by atoms with Gasteiger partial charge in [-0.25, -0.2) is 0 Å². The minimum atomic E-state index is -0.188. The van der Waals surface area contributed by atoms with Crippen LogP contribution in [-0.2, 0) is 0 Å². The van der Waals surface area contributed by atoms with Crippen LogP contribution >= 0.6 is 11.6 Å². The third kappa shape index (κ3) is 1.89. The van der Waals surface area contributed by atoms with Crippen LogP contribution in [0.3, 0.4) is 0 Å². The zero-order valence-electron chi connectivity index (χ0n) is 10.4. The minimum Gasteiger partial charge on any atom is -0.329 e. The molecule has 0 aliphatic rings. The van der Waals surface area contributed by atoms with Crippen molar-refractivity contribution in [3.8, 4) is 0 Å². The van der Waals surface area contributed by atoms with Gasteiger partial charge in [-0.05, 0) is 16.3 Å². The summed E-state index contributed by atoms with van der Waals surface area (Å²) >= 11 is 6.52. The zero-order valence-corrected chi connectivity index (χ0v) is 11.2. The molecule has 3 rings (SSSR count). The lowest BCUT2D eigenvalue weighted by atomic mass is 9.92. The summed E-state index contributed by atoms with van der Waals surface area (Å²) in [5.74, 6) is 0. The Morgan fingerprint density at radius 1 is 0.842 bits per heavy atom. The summed E-state index contributed by atoms with van der Waals surface area (Å²) in [6.07, 6.45) is 0. The molecule has 2 nitrogen and oxygen atoms in total. The average Bonchev–Trinajstić information content (AvgIpc) is 2.47. The van der Waals surface area contributed by atoms with Crippen molar-refractivity contribution in [2.75, 3.05) is 6.54 Å². The summed E-state index contributed by atoms with van der Waals surface area (Å²) in [4.78, 5) is 0. The monoisotopic (exact) mass is 270 g/mol. The fraction of sp³-hybridized carbons (Fsp3) is 0.125. The first-order valence-corrected chi connectivity index (χ1v) is 6.66. The van der Waals surface area contributed by atoms with Crippen molar-refractivity contribution in [1.29, 1.82) is 0 Å². The van der Waals surface area contributed by atoms with Gasteiger partial charge in [0.2, 0.25) is 0 Å². The van der Waals surface area contributed by atoms with E-state index < -0.39 is 0 Å². The number of fused-ring (bicyclic) bond motifs is 2. The second kappa shape index (κ2) is 4.82. The van der Waals surface area contributed by atoms with Gasteiger partial charge >= 0.3 is 0 Å². The van der Waals surface area contributed by atoms with Gasteiger partial charge in [0.25, 0.3) is 0 Å². The van der Waals surface area contributed by atoms with Gasteiger partial charge in [-0.15, -0.1) is 0 Å². The number of halogens is 1. The van der Waals surface area contributed by atoms with Crippen molar-refractivity contribution in [3.05, 3.63) is 59.1 Å². The lowest BCUT2D eigenvalue weighted by Crippen LogP contribution is -2.21. The highest BCUT2D eigenvalue weighted by molar-refractivity contribution is 6.41. The SMILES string of the molecule is NCC(N)c1c2ccccc2c(Cl)c2ccccc12. The molecule has 0 spiro atoms. The Morgan fingerprint density at radius 2 is 1.26 bits per heavy atom. The van der Waals surface area contributed by atoms with Crippen molar-refractivity contribution >= 4 is 33.1 Å². The molecule has 0 bridgehead atoms. The molecule has 0 saturated carbocycles. The molecule has 0 saturated heterocycles. The molecular weight excluding hydrogens is 256 g/mol. The quantitative estimate of drug-likeness (QED) is 0.699. The van der Waals surface area contributed by atoms with Crippen LogP contribution in [0.4, 0.5) is 0 Å². The van der Waals surface area contributed by atoms with E-state index in [-0.39, 0.29) is 6.04 Å². The van der Waals surface area contributed by atoms with Crippen LogP contribution in [0.2, 0.25) is 5.02 Å². The summed E-state index contributed by atoms with van der Waals surface area (Å²) in [6, 6.07) is 15.9. The van der Waals surface area contributed by atoms with E-state index in [2.05, 4.69) is 12.1 Å². The van der Waals surface area contributed by atoms with Crippen LogP contribution in [0.1, 0.15) is 11.6 Å². The number of benzene rings is 3. The van der Waals surface area contributed by atoms with E-state index in [4.69, 9.17) is 23.1 Å². The summed E-state index contributed by atoms with van der Waals surface area (Å²) < 4.78 is 0. The standard InChI is InChI=1S/C16H15ClN2/c17-16-12-7-3-1-5-10(12)15(14(19)9-18)11-6-2-4-8-13(11)16/h1-8,14H,9,18-19H2. The Balaban J connectivity index is 2.56. The number of hydrogen-bond acceptors (Lipinski definition) is 2. The third-order valence-corrected chi connectivity index (χ3v) is 3.94. The number of rotatable bonds is 2. The summed E-state index contributed by atoms with van der Waals surface area (Å²) in [5, 5.41) is 5.01.